The smallest absolute Gasteiger partial charge is 0.233 e. The first kappa shape index (κ1) is 24.7. The van der Waals surface area contributed by atoms with Gasteiger partial charge in [-0.2, -0.15) is 0 Å². The van der Waals surface area contributed by atoms with Crippen LogP contribution in [0.1, 0.15) is 103 Å². The molecular weight excluding hydrogens is 392 g/mol. The maximum atomic E-state index is 5.74. The second kappa shape index (κ2) is 14.3. The van der Waals surface area contributed by atoms with Gasteiger partial charge in [-0.3, -0.25) is 0 Å². The van der Waals surface area contributed by atoms with Crippen LogP contribution in [0.15, 0.2) is 36.4 Å². The lowest BCUT2D eigenvalue weighted by molar-refractivity contribution is 0.250. The van der Waals surface area contributed by atoms with Gasteiger partial charge >= 0.3 is 0 Å². The molecule has 1 aromatic heterocycles. The van der Waals surface area contributed by atoms with Gasteiger partial charge in [0.25, 0.3) is 0 Å². The van der Waals surface area contributed by atoms with Crippen LogP contribution in [-0.4, -0.2) is 16.8 Å². The van der Waals surface area contributed by atoms with Crippen LogP contribution < -0.4 is 4.74 Å². The molecule has 1 heterocycles. The summed E-state index contributed by atoms with van der Waals surface area (Å²) in [5.74, 6) is 2.57. The molecule has 0 bridgehead atoms. The van der Waals surface area contributed by atoms with Gasteiger partial charge in [0.2, 0.25) is 5.88 Å². The van der Waals surface area contributed by atoms with Crippen molar-refractivity contribution >= 4 is 0 Å². The zero-order valence-electron chi connectivity index (χ0n) is 20.5. The molecule has 32 heavy (non-hydrogen) atoms. The van der Waals surface area contributed by atoms with Crippen molar-refractivity contribution in [1.82, 2.24) is 10.2 Å². The Morgan fingerprint density at radius 2 is 1.41 bits per heavy atom. The number of nitrogens with zero attached hydrogens (tertiary/aromatic N) is 2. The molecule has 3 rings (SSSR count). The Labute approximate surface area is 196 Å². The van der Waals surface area contributed by atoms with Crippen molar-refractivity contribution in [3.63, 3.8) is 0 Å². The Hall–Kier alpha value is -1.90. The van der Waals surface area contributed by atoms with E-state index in [1.807, 2.05) is 12.1 Å². The first-order valence-electron chi connectivity index (χ1n) is 13.3. The third-order valence-electron chi connectivity index (χ3n) is 7.16. The van der Waals surface area contributed by atoms with Gasteiger partial charge in [0.05, 0.1) is 12.3 Å². The number of aryl methyl sites for hydroxylation is 1. The standard InChI is InChI=1S/C29H44N2O/c1-3-5-7-8-9-23-32-29-22-21-28(30-31-29)27-19-17-26(18-20-27)16-15-25-13-11-24(12-14-25)10-6-4-2/h17-22,24-25H,3-16,23H2,1-2H3. The highest BCUT2D eigenvalue weighted by Crippen LogP contribution is 2.34. The Morgan fingerprint density at radius 1 is 0.719 bits per heavy atom. The molecule has 1 aliphatic rings. The van der Waals surface area contributed by atoms with Crippen LogP contribution in [0, 0.1) is 11.8 Å². The van der Waals surface area contributed by atoms with Gasteiger partial charge < -0.3 is 4.74 Å². The summed E-state index contributed by atoms with van der Waals surface area (Å²) >= 11 is 0. The molecule has 3 nitrogen and oxygen atoms in total. The number of hydrogen-bond donors (Lipinski definition) is 0. The van der Waals surface area contributed by atoms with Crippen LogP contribution in [0.5, 0.6) is 5.88 Å². The van der Waals surface area contributed by atoms with Crippen LogP contribution in [0.2, 0.25) is 0 Å². The minimum absolute atomic E-state index is 0.630. The molecule has 0 radical (unpaired) electrons. The van der Waals surface area contributed by atoms with Crippen molar-refractivity contribution < 1.29 is 4.74 Å². The Bertz CT molecular complexity index is 733. The van der Waals surface area contributed by atoms with Gasteiger partial charge in [-0.05, 0) is 42.7 Å². The molecule has 1 fully saturated rings. The third-order valence-corrected chi connectivity index (χ3v) is 7.16. The van der Waals surface area contributed by atoms with Gasteiger partial charge in [-0.25, -0.2) is 0 Å². The van der Waals surface area contributed by atoms with Crippen molar-refractivity contribution in [2.75, 3.05) is 6.61 Å². The normalized spacial score (nSPS) is 18.6. The van der Waals surface area contributed by atoms with E-state index in [0.717, 1.165) is 36.1 Å². The van der Waals surface area contributed by atoms with Crippen LogP contribution >= 0.6 is 0 Å². The number of unbranched alkanes of at least 4 members (excludes halogenated alkanes) is 5. The van der Waals surface area contributed by atoms with E-state index in [9.17, 15) is 0 Å². The molecular formula is C29H44N2O. The average Bonchev–Trinajstić information content (AvgIpc) is 2.85. The Balaban J connectivity index is 1.38. The van der Waals surface area contributed by atoms with E-state index in [-0.39, 0.29) is 0 Å². The van der Waals surface area contributed by atoms with Gasteiger partial charge in [0, 0.05) is 11.6 Å². The topological polar surface area (TPSA) is 35.0 Å². The summed E-state index contributed by atoms with van der Waals surface area (Å²) in [7, 11) is 0. The highest BCUT2D eigenvalue weighted by Gasteiger charge is 2.20. The average molecular weight is 437 g/mol. The molecule has 176 valence electrons. The Kier molecular flexibility index (Phi) is 11.0. The van der Waals surface area contributed by atoms with Gasteiger partial charge in [-0.1, -0.05) is 109 Å². The maximum Gasteiger partial charge on any atom is 0.233 e. The predicted molar refractivity (Wildman–Crippen MR) is 135 cm³/mol. The molecule has 0 amide bonds. The number of hydrogen-bond acceptors (Lipinski definition) is 3. The fraction of sp³-hybridized carbons (Fsp3) is 0.655. The summed E-state index contributed by atoms with van der Waals surface area (Å²) in [5, 5.41) is 8.64. The second-order valence-corrected chi connectivity index (χ2v) is 9.78. The van der Waals surface area contributed by atoms with E-state index in [1.165, 1.54) is 89.0 Å². The lowest BCUT2D eigenvalue weighted by atomic mass is 9.78. The molecule has 0 aliphatic heterocycles. The monoisotopic (exact) mass is 436 g/mol. The maximum absolute atomic E-state index is 5.74. The first-order valence-corrected chi connectivity index (χ1v) is 13.3. The fourth-order valence-corrected chi connectivity index (χ4v) is 4.95. The largest absolute Gasteiger partial charge is 0.477 e. The zero-order valence-corrected chi connectivity index (χ0v) is 20.5. The summed E-state index contributed by atoms with van der Waals surface area (Å²) < 4.78 is 5.74. The van der Waals surface area contributed by atoms with Gasteiger partial charge in [-0.15, -0.1) is 10.2 Å². The second-order valence-electron chi connectivity index (χ2n) is 9.78. The van der Waals surface area contributed by atoms with Crippen LogP contribution in [0.3, 0.4) is 0 Å². The Morgan fingerprint density at radius 3 is 2.06 bits per heavy atom. The summed E-state index contributed by atoms with van der Waals surface area (Å²) in [6.07, 6.45) is 18.7. The van der Waals surface area contributed by atoms with Crippen molar-refractivity contribution in [3.8, 4) is 17.1 Å². The van der Waals surface area contributed by atoms with Crippen LogP contribution in [0.4, 0.5) is 0 Å². The molecule has 1 saturated carbocycles. The summed E-state index contributed by atoms with van der Waals surface area (Å²) in [4.78, 5) is 0. The van der Waals surface area contributed by atoms with E-state index in [2.05, 4.69) is 48.3 Å². The summed E-state index contributed by atoms with van der Waals surface area (Å²) in [5.41, 5.74) is 3.49. The number of rotatable bonds is 14. The molecule has 3 heteroatoms. The van der Waals surface area contributed by atoms with Gasteiger partial charge in [0.1, 0.15) is 0 Å². The molecule has 1 aromatic carbocycles. The minimum atomic E-state index is 0.630. The fourth-order valence-electron chi connectivity index (χ4n) is 4.95. The van der Waals surface area contributed by atoms with E-state index >= 15 is 0 Å². The minimum Gasteiger partial charge on any atom is -0.477 e. The number of aromatic nitrogens is 2. The SMILES string of the molecule is CCCCCCCOc1ccc(-c2ccc(CCC3CCC(CCCC)CC3)cc2)nn1. The molecule has 0 spiro atoms. The zero-order chi connectivity index (χ0) is 22.4. The quantitative estimate of drug-likeness (QED) is 0.279. The van der Waals surface area contributed by atoms with Crippen molar-refractivity contribution in [1.29, 1.82) is 0 Å². The molecule has 0 saturated heterocycles. The van der Waals surface area contributed by atoms with Crippen molar-refractivity contribution in [2.45, 2.75) is 104 Å². The lowest BCUT2D eigenvalue weighted by Crippen LogP contribution is -2.15. The van der Waals surface area contributed by atoms with Crippen LogP contribution in [-0.2, 0) is 6.42 Å². The van der Waals surface area contributed by atoms with E-state index in [4.69, 9.17) is 4.74 Å². The molecule has 0 unspecified atom stereocenters. The lowest BCUT2D eigenvalue weighted by Gasteiger charge is -2.28. The molecule has 1 aliphatic carbocycles. The van der Waals surface area contributed by atoms with E-state index < -0.39 is 0 Å². The first-order chi connectivity index (χ1) is 15.8. The number of benzene rings is 1. The molecule has 2 aromatic rings. The number of ether oxygens (including phenoxy) is 1. The molecule has 0 atom stereocenters. The predicted octanol–water partition coefficient (Wildman–Crippen LogP) is 8.42. The highest BCUT2D eigenvalue weighted by molar-refractivity contribution is 5.59. The highest BCUT2D eigenvalue weighted by atomic mass is 16.5. The van der Waals surface area contributed by atoms with Crippen molar-refractivity contribution in [2.24, 2.45) is 11.8 Å². The van der Waals surface area contributed by atoms with Crippen molar-refractivity contribution in [3.05, 3.63) is 42.0 Å². The summed E-state index contributed by atoms with van der Waals surface area (Å²) in [6.45, 7) is 5.28. The third kappa shape index (κ3) is 8.56. The van der Waals surface area contributed by atoms with E-state index in [1.54, 1.807) is 0 Å². The van der Waals surface area contributed by atoms with Crippen LogP contribution in [0.25, 0.3) is 11.3 Å². The molecule has 0 N–H and O–H groups in total. The summed E-state index contributed by atoms with van der Waals surface area (Å²) in [6, 6.07) is 12.9. The van der Waals surface area contributed by atoms with Gasteiger partial charge in [0.15, 0.2) is 0 Å². The van der Waals surface area contributed by atoms with E-state index in [0.29, 0.717) is 5.88 Å².